The molecule has 0 aliphatic carbocycles. The average Bonchev–Trinajstić information content (AvgIpc) is 2.58. The highest BCUT2D eigenvalue weighted by atomic mass is 35.5. The lowest BCUT2D eigenvalue weighted by Gasteiger charge is -2.33. The van der Waals surface area contributed by atoms with Crippen molar-refractivity contribution in [1.82, 2.24) is 9.88 Å². The second kappa shape index (κ2) is 6.98. The number of pyridine rings is 1. The van der Waals surface area contributed by atoms with Gasteiger partial charge in [-0.1, -0.05) is 23.7 Å². The Morgan fingerprint density at radius 3 is 2.65 bits per heavy atom. The van der Waals surface area contributed by atoms with Crippen LogP contribution in [-0.4, -0.2) is 49.0 Å². The van der Waals surface area contributed by atoms with Crippen LogP contribution >= 0.6 is 11.6 Å². The Balaban J connectivity index is 1.74. The summed E-state index contributed by atoms with van der Waals surface area (Å²) in [6.07, 6.45) is 3.38. The first kappa shape index (κ1) is 15.8. The quantitative estimate of drug-likeness (QED) is 0.940. The van der Waals surface area contributed by atoms with Crippen LogP contribution in [0.5, 0.6) is 0 Å². The Morgan fingerprint density at radius 2 is 1.91 bits per heavy atom. The average molecular weight is 331 g/mol. The predicted molar refractivity (Wildman–Crippen MR) is 93.4 cm³/mol. The zero-order valence-electron chi connectivity index (χ0n) is 13.0. The van der Waals surface area contributed by atoms with Crippen molar-refractivity contribution in [3.8, 4) is 0 Å². The second-order valence-corrected chi connectivity index (χ2v) is 6.06. The summed E-state index contributed by atoms with van der Waals surface area (Å²) in [6, 6.07) is 9.06. The topological polar surface area (TPSA) is 48.5 Å². The number of nitrogens with zero attached hydrogens (tertiary/aromatic N) is 3. The molecule has 1 saturated heterocycles. The Labute approximate surface area is 140 Å². The van der Waals surface area contributed by atoms with Crippen molar-refractivity contribution in [2.24, 2.45) is 0 Å². The third-order valence-electron chi connectivity index (χ3n) is 3.98. The summed E-state index contributed by atoms with van der Waals surface area (Å²) in [7, 11) is 2.11. The van der Waals surface area contributed by atoms with E-state index in [9.17, 15) is 4.79 Å². The van der Waals surface area contributed by atoms with Crippen molar-refractivity contribution in [1.29, 1.82) is 0 Å². The number of likely N-dealkylation sites (N-methyl/N-ethyl adjacent to an activating group) is 1. The largest absolute Gasteiger partial charge is 0.368 e. The third-order valence-corrected chi connectivity index (χ3v) is 4.31. The number of anilines is 2. The normalized spacial score (nSPS) is 15.5. The molecule has 1 aromatic heterocycles. The van der Waals surface area contributed by atoms with E-state index in [-0.39, 0.29) is 5.91 Å². The molecule has 1 aliphatic rings. The van der Waals surface area contributed by atoms with E-state index in [1.54, 1.807) is 24.5 Å². The van der Waals surface area contributed by atoms with Gasteiger partial charge in [-0.25, -0.2) is 0 Å². The lowest BCUT2D eigenvalue weighted by molar-refractivity contribution is 0.102. The predicted octanol–water partition coefficient (Wildman–Crippen LogP) is 2.74. The van der Waals surface area contributed by atoms with Crippen LogP contribution in [-0.2, 0) is 0 Å². The summed E-state index contributed by atoms with van der Waals surface area (Å²) in [4.78, 5) is 21.2. The number of halogens is 1. The molecule has 2 aromatic rings. The van der Waals surface area contributed by atoms with Gasteiger partial charge in [-0.3, -0.25) is 9.78 Å². The van der Waals surface area contributed by atoms with E-state index in [0.717, 1.165) is 31.9 Å². The van der Waals surface area contributed by atoms with Gasteiger partial charge < -0.3 is 15.1 Å². The van der Waals surface area contributed by atoms with Crippen molar-refractivity contribution < 1.29 is 4.79 Å². The molecule has 0 unspecified atom stereocenters. The summed E-state index contributed by atoms with van der Waals surface area (Å²) in [6.45, 7) is 3.90. The number of carbonyl (C=O) groups excluding carboxylic acids is 1. The number of amides is 1. The van der Waals surface area contributed by atoms with Crippen molar-refractivity contribution in [3.63, 3.8) is 0 Å². The SMILES string of the molecule is CN1CCN(c2cncc(C(=O)Nc3ccccc3Cl)c2)CC1. The molecule has 1 aromatic carbocycles. The molecule has 0 radical (unpaired) electrons. The molecule has 1 N–H and O–H groups in total. The van der Waals surface area contributed by atoms with E-state index < -0.39 is 0 Å². The van der Waals surface area contributed by atoms with E-state index in [0.29, 0.717) is 16.3 Å². The third kappa shape index (κ3) is 3.81. The minimum Gasteiger partial charge on any atom is -0.368 e. The molecular formula is C17H19ClN4O. The number of hydrogen-bond donors (Lipinski definition) is 1. The Kier molecular flexibility index (Phi) is 4.79. The molecule has 3 rings (SSSR count). The number of aromatic nitrogens is 1. The second-order valence-electron chi connectivity index (χ2n) is 5.66. The number of carbonyl (C=O) groups is 1. The highest BCUT2D eigenvalue weighted by molar-refractivity contribution is 6.33. The lowest BCUT2D eigenvalue weighted by Crippen LogP contribution is -2.44. The number of para-hydroxylation sites is 1. The van der Waals surface area contributed by atoms with Crippen LogP contribution < -0.4 is 10.2 Å². The van der Waals surface area contributed by atoms with Gasteiger partial charge in [-0.05, 0) is 25.2 Å². The first-order chi connectivity index (χ1) is 11.1. The van der Waals surface area contributed by atoms with E-state index in [1.807, 2.05) is 18.2 Å². The smallest absolute Gasteiger partial charge is 0.257 e. The number of rotatable bonds is 3. The molecule has 0 saturated carbocycles. The maximum absolute atomic E-state index is 12.4. The number of benzene rings is 1. The molecule has 2 heterocycles. The molecule has 23 heavy (non-hydrogen) atoms. The molecule has 1 aliphatic heterocycles. The molecule has 1 amide bonds. The summed E-state index contributed by atoms with van der Waals surface area (Å²) in [5, 5.41) is 3.34. The molecule has 0 bridgehead atoms. The first-order valence-electron chi connectivity index (χ1n) is 7.58. The van der Waals surface area contributed by atoms with Crippen LogP contribution in [0, 0.1) is 0 Å². The summed E-state index contributed by atoms with van der Waals surface area (Å²) in [5.74, 6) is -0.207. The maximum Gasteiger partial charge on any atom is 0.257 e. The maximum atomic E-state index is 12.4. The van der Waals surface area contributed by atoms with Gasteiger partial charge in [-0.15, -0.1) is 0 Å². The van der Waals surface area contributed by atoms with Crippen LogP contribution in [0.3, 0.4) is 0 Å². The van der Waals surface area contributed by atoms with Gasteiger partial charge in [0.25, 0.3) is 5.91 Å². The molecule has 0 spiro atoms. The van der Waals surface area contributed by atoms with Gasteiger partial charge in [-0.2, -0.15) is 0 Å². The van der Waals surface area contributed by atoms with Crippen molar-refractivity contribution in [2.75, 3.05) is 43.4 Å². The van der Waals surface area contributed by atoms with Crippen molar-refractivity contribution >= 4 is 28.9 Å². The van der Waals surface area contributed by atoms with Gasteiger partial charge in [0.05, 0.1) is 28.2 Å². The van der Waals surface area contributed by atoms with Gasteiger partial charge in [0, 0.05) is 32.4 Å². The van der Waals surface area contributed by atoms with E-state index in [4.69, 9.17) is 11.6 Å². The molecule has 1 fully saturated rings. The van der Waals surface area contributed by atoms with Gasteiger partial charge in [0.15, 0.2) is 0 Å². The van der Waals surface area contributed by atoms with Crippen LogP contribution in [0.25, 0.3) is 0 Å². The first-order valence-corrected chi connectivity index (χ1v) is 7.96. The summed E-state index contributed by atoms with van der Waals surface area (Å²) in [5.41, 5.74) is 2.11. The van der Waals surface area contributed by atoms with Crippen molar-refractivity contribution in [2.45, 2.75) is 0 Å². The molecule has 5 nitrogen and oxygen atoms in total. The Morgan fingerprint density at radius 1 is 1.17 bits per heavy atom. The van der Waals surface area contributed by atoms with Crippen LogP contribution in [0.2, 0.25) is 5.02 Å². The van der Waals surface area contributed by atoms with E-state index in [1.165, 1.54) is 0 Å². The fraction of sp³-hybridized carbons (Fsp3) is 0.294. The zero-order chi connectivity index (χ0) is 16.2. The summed E-state index contributed by atoms with van der Waals surface area (Å²) < 4.78 is 0. The number of piperazine rings is 1. The van der Waals surface area contributed by atoms with Gasteiger partial charge in [0.1, 0.15) is 0 Å². The fourth-order valence-corrected chi connectivity index (χ4v) is 2.73. The van der Waals surface area contributed by atoms with Gasteiger partial charge >= 0.3 is 0 Å². The van der Waals surface area contributed by atoms with Crippen LogP contribution in [0.1, 0.15) is 10.4 Å². The lowest BCUT2D eigenvalue weighted by atomic mass is 10.2. The Bertz CT molecular complexity index is 698. The standard InChI is InChI=1S/C17H19ClN4O/c1-21-6-8-22(9-7-21)14-10-13(11-19-12-14)17(23)20-16-5-3-2-4-15(16)18/h2-5,10-12H,6-9H2,1H3,(H,20,23). The van der Waals surface area contributed by atoms with E-state index >= 15 is 0 Å². The highest BCUT2D eigenvalue weighted by Gasteiger charge is 2.16. The van der Waals surface area contributed by atoms with E-state index in [2.05, 4.69) is 27.1 Å². The minimum atomic E-state index is -0.207. The monoisotopic (exact) mass is 330 g/mol. The highest BCUT2D eigenvalue weighted by Crippen LogP contribution is 2.22. The Hall–Kier alpha value is -2.11. The molecule has 6 heteroatoms. The minimum absolute atomic E-state index is 0.207. The van der Waals surface area contributed by atoms with Gasteiger partial charge in [0.2, 0.25) is 0 Å². The molecular weight excluding hydrogens is 312 g/mol. The zero-order valence-corrected chi connectivity index (χ0v) is 13.8. The van der Waals surface area contributed by atoms with Crippen LogP contribution in [0.4, 0.5) is 11.4 Å². The van der Waals surface area contributed by atoms with Crippen LogP contribution in [0.15, 0.2) is 42.7 Å². The van der Waals surface area contributed by atoms with Crippen molar-refractivity contribution in [3.05, 3.63) is 53.3 Å². The molecule has 120 valence electrons. The summed E-state index contributed by atoms with van der Waals surface area (Å²) >= 11 is 6.08. The number of nitrogens with one attached hydrogen (secondary N) is 1. The molecule has 0 atom stereocenters. The fourth-order valence-electron chi connectivity index (χ4n) is 2.55. The number of hydrogen-bond acceptors (Lipinski definition) is 4.